The van der Waals surface area contributed by atoms with E-state index in [1.54, 1.807) is 17.5 Å². The van der Waals surface area contributed by atoms with Crippen LogP contribution in [0.4, 0.5) is 5.69 Å². The van der Waals surface area contributed by atoms with Crippen molar-refractivity contribution in [2.75, 3.05) is 26.1 Å². The van der Waals surface area contributed by atoms with Crippen LogP contribution >= 0.6 is 22.9 Å². The van der Waals surface area contributed by atoms with Crippen LogP contribution in [-0.4, -0.2) is 32.7 Å². The Balaban J connectivity index is 2.26. The van der Waals surface area contributed by atoms with Gasteiger partial charge in [-0.25, -0.2) is 4.79 Å². The standard InChI is InChI=1S/C18H20ClNO5S/c1-10(2)9-25-15-12(19)7-11(8-14(15)23-3)17(21)20-13-5-6-26-16(13)18(22)24-4/h5-8,10H,9H2,1-4H3,(H,20,21). The van der Waals surface area contributed by atoms with Crippen molar-refractivity contribution in [3.8, 4) is 11.5 Å². The summed E-state index contributed by atoms with van der Waals surface area (Å²) in [6.07, 6.45) is 0. The number of thiophene rings is 1. The Morgan fingerprint density at radius 2 is 2.00 bits per heavy atom. The molecule has 0 atom stereocenters. The van der Waals surface area contributed by atoms with Gasteiger partial charge >= 0.3 is 5.97 Å². The third-order valence-electron chi connectivity index (χ3n) is 3.34. The van der Waals surface area contributed by atoms with E-state index in [9.17, 15) is 9.59 Å². The van der Waals surface area contributed by atoms with Crippen molar-refractivity contribution in [2.24, 2.45) is 5.92 Å². The summed E-state index contributed by atoms with van der Waals surface area (Å²) < 4.78 is 15.7. The third kappa shape index (κ3) is 4.68. The molecule has 0 saturated carbocycles. The lowest BCUT2D eigenvalue weighted by atomic mass is 10.1. The highest BCUT2D eigenvalue weighted by molar-refractivity contribution is 7.12. The summed E-state index contributed by atoms with van der Waals surface area (Å²) in [6, 6.07) is 4.67. The number of methoxy groups -OCH3 is 2. The molecular formula is C18H20ClNO5S. The quantitative estimate of drug-likeness (QED) is 0.697. The van der Waals surface area contributed by atoms with Crippen molar-refractivity contribution in [2.45, 2.75) is 13.8 Å². The molecule has 1 N–H and O–H groups in total. The normalized spacial score (nSPS) is 10.5. The Kier molecular flexibility index (Phi) is 6.88. The number of rotatable bonds is 7. The summed E-state index contributed by atoms with van der Waals surface area (Å²) >= 11 is 7.45. The van der Waals surface area contributed by atoms with Crippen molar-refractivity contribution >= 4 is 40.5 Å². The number of esters is 1. The number of ether oxygens (including phenoxy) is 3. The lowest BCUT2D eigenvalue weighted by molar-refractivity contribution is 0.0607. The number of hydrogen-bond donors (Lipinski definition) is 1. The molecule has 0 aliphatic rings. The van der Waals surface area contributed by atoms with Crippen LogP contribution < -0.4 is 14.8 Å². The van der Waals surface area contributed by atoms with Gasteiger partial charge in [-0.3, -0.25) is 4.79 Å². The van der Waals surface area contributed by atoms with Crippen molar-refractivity contribution in [3.63, 3.8) is 0 Å². The highest BCUT2D eigenvalue weighted by atomic mass is 35.5. The first-order chi connectivity index (χ1) is 12.4. The van der Waals surface area contributed by atoms with E-state index >= 15 is 0 Å². The van der Waals surface area contributed by atoms with Crippen LogP contribution in [0.5, 0.6) is 11.5 Å². The number of hydrogen-bond acceptors (Lipinski definition) is 6. The molecule has 1 aromatic carbocycles. The van der Waals surface area contributed by atoms with E-state index in [1.807, 2.05) is 13.8 Å². The van der Waals surface area contributed by atoms with Gasteiger partial charge in [0.25, 0.3) is 5.91 Å². The summed E-state index contributed by atoms with van der Waals surface area (Å²) in [5, 5.41) is 4.65. The first-order valence-corrected chi connectivity index (χ1v) is 9.10. The first kappa shape index (κ1) is 20.1. The molecule has 0 aliphatic heterocycles. The maximum atomic E-state index is 12.6. The number of amides is 1. The molecule has 1 amide bonds. The summed E-state index contributed by atoms with van der Waals surface area (Å²) in [7, 11) is 2.76. The third-order valence-corrected chi connectivity index (χ3v) is 4.51. The first-order valence-electron chi connectivity index (χ1n) is 7.84. The van der Waals surface area contributed by atoms with Crippen LogP contribution in [0.15, 0.2) is 23.6 Å². The van der Waals surface area contributed by atoms with Crippen LogP contribution in [0.1, 0.15) is 33.9 Å². The Bertz CT molecular complexity index is 803. The zero-order valence-corrected chi connectivity index (χ0v) is 16.5. The van der Waals surface area contributed by atoms with E-state index < -0.39 is 11.9 Å². The minimum Gasteiger partial charge on any atom is -0.493 e. The van der Waals surface area contributed by atoms with Gasteiger partial charge in [0.1, 0.15) is 4.88 Å². The maximum Gasteiger partial charge on any atom is 0.350 e. The molecule has 0 unspecified atom stereocenters. The Morgan fingerprint density at radius 1 is 1.27 bits per heavy atom. The predicted molar refractivity (Wildman–Crippen MR) is 102 cm³/mol. The van der Waals surface area contributed by atoms with Crippen LogP contribution in [0, 0.1) is 5.92 Å². The van der Waals surface area contributed by atoms with Crippen LogP contribution in [0.3, 0.4) is 0 Å². The molecular weight excluding hydrogens is 378 g/mol. The van der Waals surface area contributed by atoms with Gasteiger partial charge in [-0.2, -0.15) is 0 Å². The monoisotopic (exact) mass is 397 g/mol. The zero-order chi connectivity index (χ0) is 19.3. The SMILES string of the molecule is COC(=O)c1sccc1NC(=O)c1cc(Cl)c(OCC(C)C)c(OC)c1. The van der Waals surface area contributed by atoms with E-state index in [-0.39, 0.29) is 10.6 Å². The van der Waals surface area contributed by atoms with Crippen LogP contribution in [-0.2, 0) is 4.74 Å². The second-order valence-corrected chi connectivity index (χ2v) is 7.13. The molecule has 0 bridgehead atoms. The molecule has 140 valence electrons. The fraction of sp³-hybridized carbons (Fsp3) is 0.333. The van der Waals surface area contributed by atoms with Gasteiger partial charge in [0.05, 0.1) is 31.5 Å². The lowest BCUT2D eigenvalue weighted by Gasteiger charge is -2.15. The molecule has 2 rings (SSSR count). The number of benzene rings is 1. The Morgan fingerprint density at radius 3 is 2.62 bits per heavy atom. The molecule has 2 aromatic rings. The van der Waals surface area contributed by atoms with Gasteiger partial charge in [0.15, 0.2) is 11.5 Å². The second-order valence-electron chi connectivity index (χ2n) is 5.80. The Hall–Kier alpha value is -2.25. The topological polar surface area (TPSA) is 73.9 Å². The second kappa shape index (κ2) is 8.91. The van der Waals surface area contributed by atoms with Gasteiger partial charge in [0.2, 0.25) is 0 Å². The summed E-state index contributed by atoms with van der Waals surface area (Å²) in [5.74, 6) is 0.133. The molecule has 0 saturated heterocycles. The number of carbonyl (C=O) groups is 2. The van der Waals surface area contributed by atoms with Gasteiger partial charge in [0, 0.05) is 5.56 Å². The number of nitrogens with one attached hydrogen (secondary N) is 1. The molecule has 1 heterocycles. The van der Waals surface area contributed by atoms with Crippen molar-refractivity contribution in [1.82, 2.24) is 0 Å². The lowest BCUT2D eigenvalue weighted by Crippen LogP contribution is -2.14. The van der Waals surface area contributed by atoms with Gasteiger partial charge < -0.3 is 19.5 Å². The minimum absolute atomic E-state index is 0.272. The Labute approximate surface area is 161 Å². The zero-order valence-electron chi connectivity index (χ0n) is 14.9. The van der Waals surface area contributed by atoms with E-state index in [0.717, 1.165) is 0 Å². The highest BCUT2D eigenvalue weighted by Crippen LogP contribution is 2.37. The summed E-state index contributed by atoms with van der Waals surface area (Å²) in [5.41, 5.74) is 0.660. The van der Waals surface area contributed by atoms with Crippen LogP contribution in [0.2, 0.25) is 5.02 Å². The molecule has 0 aliphatic carbocycles. The molecule has 1 aromatic heterocycles. The van der Waals surface area contributed by atoms with E-state index in [2.05, 4.69) is 5.32 Å². The fourth-order valence-corrected chi connectivity index (χ4v) is 3.12. The average molecular weight is 398 g/mol. The van der Waals surface area contributed by atoms with Crippen LogP contribution in [0.25, 0.3) is 0 Å². The molecule has 6 nitrogen and oxygen atoms in total. The average Bonchev–Trinajstić information content (AvgIpc) is 3.07. The van der Waals surface area contributed by atoms with Crippen molar-refractivity contribution in [1.29, 1.82) is 0 Å². The van der Waals surface area contributed by atoms with Gasteiger partial charge in [-0.15, -0.1) is 11.3 Å². The number of anilines is 1. The van der Waals surface area contributed by atoms with E-state index in [0.29, 0.717) is 34.6 Å². The van der Waals surface area contributed by atoms with Gasteiger partial charge in [-0.05, 0) is 29.5 Å². The van der Waals surface area contributed by atoms with E-state index in [4.69, 9.17) is 25.8 Å². The van der Waals surface area contributed by atoms with Crippen molar-refractivity contribution < 1.29 is 23.8 Å². The molecule has 0 radical (unpaired) electrons. The molecule has 0 spiro atoms. The smallest absolute Gasteiger partial charge is 0.350 e. The minimum atomic E-state index is -0.511. The fourth-order valence-electron chi connectivity index (χ4n) is 2.09. The van der Waals surface area contributed by atoms with Crippen molar-refractivity contribution in [3.05, 3.63) is 39.0 Å². The largest absolute Gasteiger partial charge is 0.493 e. The predicted octanol–water partition coefficient (Wildman–Crippen LogP) is 4.48. The van der Waals surface area contributed by atoms with E-state index in [1.165, 1.54) is 31.6 Å². The number of carbonyl (C=O) groups excluding carboxylic acids is 2. The van der Waals surface area contributed by atoms with Gasteiger partial charge in [-0.1, -0.05) is 25.4 Å². The summed E-state index contributed by atoms with van der Waals surface area (Å²) in [6.45, 7) is 4.50. The molecule has 0 fully saturated rings. The molecule has 26 heavy (non-hydrogen) atoms. The highest BCUT2D eigenvalue weighted by Gasteiger charge is 2.19. The maximum absolute atomic E-state index is 12.6. The molecule has 8 heteroatoms. The summed E-state index contributed by atoms with van der Waals surface area (Å²) in [4.78, 5) is 24.6. The number of halogens is 1.